The molecule has 0 unspecified atom stereocenters. The predicted octanol–water partition coefficient (Wildman–Crippen LogP) is 5.50. The van der Waals surface area contributed by atoms with Crippen LogP contribution in [0.25, 0.3) is 43.9 Å². The first kappa shape index (κ1) is 12.7. The lowest BCUT2D eigenvalue weighted by Crippen LogP contribution is -2.01. The predicted molar refractivity (Wildman–Crippen MR) is 92.3 cm³/mol. The van der Waals surface area contributed by atoms with E-state index in [-0.39, 0.29) is 5.43 Å². The molecule has 23 heavy (non-hydrogen) atoms. The van der Waals surface area contributed by atoms with Crippen LogP contribution in [0.2, 0.25) is 5.02 Å². The number of rotatable bonds is 0. The number of furan rings is 1. The number of para-hydroxylation sites is 1. The Bertz CT molecular complexity index is 1290. The molecule has 2 aromatic heterocycles. The van der Waals surface area contributed by atoms with Gasteiger partial charge in [0.15, 0.2) is 0 Å². The number of halogens is 1. The molecule has 0 N–H and O–H groups in total. The van der Waals surface area contributed by atoms with Gasteiger partial charge in [0.05, 0.1) is 10.8 Å². The van der Waals surface area contributed by atoms with Crippen LogP contribution in [0.4, 0.5) is 0 Å². The molecule has 5 aromatic rings. The number of fused-ring (bicyclic) bond motifs is 5. The van der Waals surface area contributed by atoms with E-state index in [1.807, 2.05) is 30.3 Å². The Morgan fingerprint density at radius 2 is 1.39 bits per heavy atom. The molecule has 2 heterocycles. The molecule has 0 radical (unpaired) electrons. The quantitative estimate of drug-likeness (QED) is 0.354. The van der Waals surface area contributed by atoms with E-state index >= 15 is 0 Å². The van der Waals surface area contributed by atoms with Crippen LogP contribution in [0, 0.1) is 0 Å². The van der Waals surface area contributed by atoms with Gasteiger partial charge in [-0.1, -0.05) is 23.7 Å². The summed E-state index contributed by atoms with van der Waals surface area (Å²) in [6, 6.07) is 16.3. The van der Waals surface area contributed by atoms with Crippen LogP contribution in [0.5, 0.6) is 0 Å². The van der Waals surface area contributed by atoms with Crippen LogP contribution >= 0.6 is 11.6 Å². The molecule has 4 heteroatoms. The van der Waals surface area contributed by atoms with Gasteiger partial charge in [0, 0.05) is 27.9 Å². The fourth-order valence-corrected chi connectivity index (χ4v) is 3.21. The molecular formula is C19H9ClO3. The molecular weight excluding hydrogens is 312 g/mol. The second-order valence-electron chi connectivity index (χ2n) is 5.51. The monoisotopic (exact) mass is 320 g/mol. The summed E-state index contributed by atoms with van der Waals surface area (Å²) in [7, 11) is 0. The molecule has 0 aliphatic carbocycles. The van der Waals surface area contributed by atoms with E-state index in [2.05, 4.69) is 0 Å². The topological polar surface area (TPSA) is 43.4 Å². The molecule has 0 fully saturated rings. The molecule has 3 aromatic carbocycles. The Kier molecular flexibility index (Phi) is 2.42. The van der Waals surface area contributed by atoms with Crippen LogP contribution in [-0.2, 0) is 0 Å². The van der Waals surface area contributed by atoms with Gasteiger partial charge in [-0.15, -0.1) is 0 Å². The van der Waals surface area contributed by atoms with Crippen molar-refractivity contribution in [3.05, 3.63) is 69.8 Å². The summed E-state index contributed by atoms with van der Waals surface area (Å²) in [5.74, 6) is 0. The van der Waals surface area contributed by atoms with Crippen molar-refractivity contribution in [1.82, 2.24) is 0 Å². The highest BCUT2D eigenvalue weighted by Gasteiger charge is 2.13. The Labute approximate surface area is 134 Å². The van der Waals surface area contributed by atoms with Gasteiger partial charge < -0.3 is 8.83 Å². The van der Waals surface area contributed by atoms with E-state index in [1.54, 1.807) is 24.3 Å². The molecule has 0 aliphatic heterocycles. The maximum Gasteiger partial charge on any atom is 0.200 e. The minimum atomic E-state index is -0.0351. The Balaban J connectivity index is 2.02. The van der Waals surface area contributed by atoms with E-state index in [0.717, 1.165) is 10.8 Å². The van der Waals surface area contributed by atoms with Crippen LogP contribution in [0.1, 0.15) is 0 Å². The zero-order valence-corrected chi connectivity index (χ0v) is 12.6. The zero-order valence-electron chi connectivity index (χ0n) is 11.8. The second kappa shape index (κ2) is 4.37. The van der Waals surface area contributed by atoms with Gasteiger partial charge >= 0.3 is 0 Å². The third kappa shape index (κ3) is 1.74. The molecule has 0 atom stereocenters. The van der Waals surface area contributed by atoms with Gasteiger partial charge in [0.25, 0.3) is 0 Å². The van der Waals surface area contributed by atoms with E-state index in [1.165, 1.54) is 0 Å². The Morgan fingerprint density at radius 3 is 2.30 bits per heavy atom. The molecule has 0 saturated carbocycles. The van der Waals surface area contributed by atoms with Crippen LogP contribution in [-0.4, -0.2) is 0 Å². The maximum atomic E-state index is 12.7. The van der Waals surface area contributed by atoms with Crippen molar-refractivity contribution in [1.29, 1.82) is 0 Å². The SMILES string of the molecule is O=c1c2ccccc2oc2cc3oc4cc(Cl)ccc4c3cc12. The number of hydrogen-bond acceptors (Lipinski definition) is 3. The summed E-state index contributed by atoms with van der Waals surface area (Å²) >= 11 is 6.02. The molecule has 0 spiro atoms. The molecule has 3 nitrogen and oxygen atoms in total. The highest BCUT2D eigenvalue weighted by atomic mass is 35.5. The lowest BCUT2D eigenvalue weighted by molar-refractivity contribution is 0.650. The summed E-state index contributed by atoms with van der Waals surface area (Å²) in [5.41, 5.74) is 2.43. The van der Waals surface area contributed by atoms with Gasteiger partial charge in [0.1, 0.15) is 22.3 Å². The lowest BCUT2D eigenvalue weighted by atomic mass is 10.1. The normalized spacial score (nSPS) is 11.9. The van der Waals surface area contributed by atoms with E-state index < -0.39 is 0 Å². The third-order valence-electron chi connectivity index (χ3n) is 4.13. The largest absolute Gasteiger partial charge is 0.456 e. The number of benzene rings is 3. The summed E-state index contributed by atoms with van der Waals surface area (Å²) in [6.07, 6.45) is 0. The molecule has 110 valence electrons. The van der Waals surface area contributed by atoms with E-state index in [0.29, 0.717) is 38.1 Å². The highest BCUT2D eigenvalue weighted by Crippen LogP contribution is 2.33. The second-order valence-corrected chi connectivity index (χ2v) is 5.95. The van der Waals surface area contributed by atoms with Crippen molar-refractivity contribution in [3.63, 3.8) is 0 Å². The van der Waals surface area contributed by atoms with Gasteiger partial charge in [-0.2, -0.15) is 0 Å². The van der Waals surface area contributed by atoms with Gasteiger partial charge in [-0.3, -0.25) is 4.79 Å². The molecule has 0 amide bonds. The molecule has 5 rings (SSSR count). The highest BCUT2D eigenvalue weighted by molar-refractivity contribution is 6.31. The minimum Gasteiger partial charge on any atom is -0.456 e. The van der Waals surface area contributed by atoms with E-state index in [4.69, 9.17) is 20.4 Å². The fraction of sp³-hybridized carbons (Fsp3) is 0. The first-order chi connectivity index (χ1) is 11.2. The first-order valence-electron chi connectivity index (χ1n) is 7.18. The van der Waals surface area contributed by atoms with Gasteiger partial charge in [-0.05, 0) is 30.3 Å². The average molecular weight is 321 g/mol. The third-order valence-corrected chi connectivity index (χ3v) is 4.37. The fourth-order valence-electron chi connectivity index (χ4n) is 3.05. The minimum absolute atomic E-state index is 0.0351. The standard InChI is InChI=1S/C19H9ClO3/c20-10-5-6-11-13-8-14-18(9-17(13)23-16(11)7-10)22-15-4-2-1-3-12(15)19(14)21/h1-9H. The van der Waals surface area contributed by atoms with Crippen LogP contribution in [0.15, 0.2) is 68.2 Å². The molecule has 0 bridgehead atoms. The van der Waals surface area contributed by atoms with Crippen molar-refractivity contribution in [2.75, 3.05) is 0 Å². The van der Waals surface area contributed by atoms with E-state index in [9.17, 15) is 4.79 Å². The summed E-state index contributed by atoms with van der Waals surface area (Å²) in [4.78, 5) is 12.7. The van der Waals surface area contributed by atoms with Crippen LogP contribution < -0.4 is 5.43 Å². The van der Waals surface area contributed by atoms with Crippen molar-refractivity contribution in [2.45, 2.75) is 0 Å². The zero-order chi connectivity index (χ0) is 15.6. The smallest absolute Gasteiger partial charge is 0.200 e. The maximum absolute atomic E-state index is 12.7. The Morgan fingerprint density at radius 1 is 0.652 bits per heavy atom. The summed E-state index contributed by atoms with van der Waals surface area (Å²) < 4.78 is 11.7. The Hall–Kier alpha value is -2.78. The van der Waals surface area contributed by atoms with Crippen molar-refractivity contribution >= 4 is 55.5 Å². The van der Waals surface area contributed by atoms with Gasteiger partial charge in [0.2, 0.25) is 5.43 Å². The summed E-state index contributed by atoms with van der Waals surface area (Å²) in [6.45, 7) is 0. The first-order valence-corrected chi connectivity index (χ1v) is 7.56. The van der Waals surface area contributed by atoms with Crippen molar-refractivity contribution in [3.8, 4) is 0 Å². The van der Waals surface area contributed by atoms with Crippen LogP contribution in [0.3, 0.4) is 0 Å². The van der Waals surface area contributed by atoms with Gasteiger partial charge in [-0.25, -0.2) is 0 Å². The van der Waals surface area contributed by atoms with Crippen molar-refractivity contribution in [2.24, 2.45) is 0 Å². The molecule has 0 aliphatic rings. The lowest BCUT2D eigenvalue weighted by Gasteiger charge is -2.01. The number of hydrogen-bond donors (Lipinski definition) is 0. The van der Waals surface area contributed by atoms with Crippen molar-refractivity contribution < 1.29 is 8.83 Å². The average Bonchev–Trinajstić information content (AvgIpc) is 2.90. The molecule has 0 saturated heterocycles. The summed E-state index contributed by atoms with van der Waals surface area (Å²) in [5, 5.41) is 3.55.